The quantitative estimate of drug-likeness (QED) is 0.325. The van der Waals surface area contributed by atoms with Crippen molar-refractivity contribution in [3.8, 4) is 0 Å². The van der Waals surface area contributed by atoms with Crippen molar-refractivity contribution in [3.05, 3.63) is 6.54 Å². The van der Waals surface area contributed by atoms with Gasteiger partial charge in [-0.05, 0) is 31.8 Å². The normalized spacial score (nSPS) is 24.5. The van der Waals surface area contributed by atoms with Crippen LogP contribution in [0.2, 0.25) is 0 Å². The van der Waals surface area contributed by atoms with E-state index in [1.807, 2.05) is 6.54 Å². The van der Waals surface area contributed by atoms with E-state index in [1.54, 1.807) is 0 Å². The monoisotopic (exact) mass is 155 g/mol. The van der Waals surface area contributed by atoms with Crippen LogP contribution in [0.1, 0.15) is 12.8 Å². The van der Waals surface area contributed by atoms with E-state index in [4.69, 9.17) is 11.1 Å². The molecule has 0 aromatic carbocycles. The molecule has 0 aromatic heterocycles. The number of nitrogens with one attached hydrogen (secondary N) is 3. The maximum Gasteiger partial charge on any atom is 0.186 e. The van der Waals surface area contributed by atoms with Crippen LogP contribution in [0.3, 0.4) is 0 Å². The zero-order chi connectivity index (χ0) is 8.10. The number of nitrogens with two attached hydrogens (primary N) is 1. The Balaban J connectivity index is 2.09. The topological polar surface area (TPSA) is 73.9 Å². The van der Waals surface area contributed by atoms with Crippen LogP contribution in [0, 0.1) is 17.9 Å². The standard InChI is InChI=1S/C7H15N4/c8-7(9)11-5-6-2-1-3-10-4-6/h5-6,10H,1-4H2,(H4,8,9,11). The van der Waals surface area contributed by atoms with Crippen LogP contribution in [-0.4, -0.2) is 19.0 Å². The average Bonchev–Trinajstić information content (AvgIpc) is 2.03. The maximum atomic E-state index is 6.93. The van der Waals surface area contributed by atoms with E-state index in [2.05, 4.69) is 10.6 Å². The minimum Gasteiger partial charge on any atom is -0.370 e. The summed E-state index contributed by atoms with van der Waals surface area (Å²) >= 11 is 0. The zero-order valence-corrected chi connectivity index (χ0v) is 6.56. The van der Waals surface area contributed by atoms with Crippen molar-refractivity contribution >= 4 is 5.96 Å². The van der Waals surface area contributed by atoms with E-state index in [-0.39, 0.29) is 5.96 Å². The van der Waals surface area contributed by atoms with Crippen LogP contribution < -0.4 is 16.4 Å². The van der Waals surface area contributed by atoms with E-state index < -0.39 is 0 Å². The van der Waals surface area contributed by atoms with Crippen LogP contribution in [0.15, 0.2) is 0 Å². The third-order valence-corrected chi connectivity index (χ3v) is 1.81. The van der Waals surface area contributed by atoms with Crippen molar-refractivity contribution in [1.29, 1.82) is 5.41 Å². The van der Waals surface area contributed by atoms with Gasteiger partial charge in [0, 0.05) is 0 Å². The molecule has 1 radical (unpaired) electrons. The first-order valence-corrected chi connectivity index (χ1v) is 3.93. The van der Waals surface area contributed by atoms with Gasteiger partial charge in [-0.15, -0.1) is 0 Å². The minimum absolute atomic E-state index is 0.0237. The molecule has 0 amide bonds. The van der Waals surface area contributed by atoms with E-state index in [9.17, 15) is 0 Å². The van der Waals surface area contributed by atoms with Gasteiger partial charge in [0.1, 0.15) is 0 Å². The molecule has 1 atom stereocenters. The molecule has 0 spiro atoms. The highest BCUT2D eigenvalue weighted by molar-refractivity contribution is 5.74. The predicted octanol–water partition coefficient (Wildman–Crippen LogP) is -0.369. The van der Waals surface area contributed by atoms with Crippen LogP contribution >= 0.6 is 0 Å². The first kappa shape index (κ1) is 8.33. The van der Waals surface area contributed by atoms with Crippen molar-refractivity contribution in [2.75, 3.05) is 13.1 Å². The zero-order valence-electron chi connectivity index (χ0n) is 6.56. The number of hydrogen-bond donors (Lipinski definition) is 4. The summed E-state index contributed by atoms with van der Waals surface area (Å²) in [6, 6.07) is 0. The van der Waals surface area contributed by atoms with Crippen LogP contribution in [0.5, 0.6) is 0 Å². The first-order chi connectivity index (χ1) is 5.29. The van der Waals surface area contributed by atoms with Gasteiger partial charge >= 0.3 is 0 Å². The summed E-state index contributed by atoms with van der Waals surface area (Å²) in [6.07, 6.45) is 2.40. The summed E-state index contributed by atoms with van der Waals surface area (Å²) in [5, 5.41) is 12.9. The Kier molecular flexibility index (Phi) is 3.16. The summed E-state index contributed by atoms with van der Waals surface area (Å²) in [4.78, 5) is 0. The lowest BCUT2D eigenvalue weighted by Crippen LogP contribution is -2.36. The highest BCUT2D eigenvalue weighted by Gasteiger charge is 2.12. The maximum absolute atomic E-state index is 6.93. The Labute approximate surface area is 67.0 Å². The third kappa shape index (κ3) is 3.23. The van der Waals surface area contributed by atoms with E-state index in [1.165, 1.54) is 12.8 Å². The van der Waals surface area contributed by atoms with Gasteiger partial charge in [-0.25, -0.2) is 0 Å². The molecule has 0 aromatic rings. The fourth-order valence-corrected chi connectivity index (χ4v) is 1.23. The molecule has 1 rings (SSSR count). The molecule has 11 heavy (non-hydrogen) atoms. The van der Waals surface area contributed by atoms with Gasteiger partial charge in [-0.1, -0.05) is 0 Å². The lowest BCUT2D eigenvalue weighted by atomic mass is 10.00. The SMILES string of the molecule is N=C(N)N[CH]C1CCCNC1. The molecule has 5 N–H and O–H groups in total. The molecular weight excluding hydrogens is 140 g/mol. The molecule has 4 nitrogen and oxygen atoms in total. The Morgan fingerprint density at radius 3 is 3.09 bits per heavy atom. The lowest BCUT2D eigenvalue weighted by molar-refractivity contribution is 0.409. The summed E-state index contributed by atoms with van der Waals surface area (Å²) in [5.74, 6) is 0.545. The molecule has 1 heterocycles. The van der Waals surface area contributed by atoms with Crippen LogP contribution in [0.4, 0.5) is 0 Å². The summed E-state index contributed by atoms with van der Waals surface area (Å²) in [6.45, 7) is 4.01. The van der Waals surface area contributed by atoms with Gasteiger partial charge in [-0.2, -0.15) is 0 Å². The second-order valence-corrected chi connectivity index (χ2v) is 2.83. The molecule has 63 valence electrons. The van der Waals surface area contributed by atoms with Crippen LogP contribution in [-0.2, 0) is 0 Å². The van der Waals surface area contributed by atoms with Crippen molar-refractivity contribution in [2.45, 2.75) is 12.8 Å². The van der Waals surface area contributed by atoms with Crippen molar-refractivity contribution in [2.24, 2.45) is 11.7 Å². The van der Waals surface area contributed by atoms with E-state index >= 15 is 0 Å². The summed E-state index contributed by atoms with van der Waals surface area (Å²) in [7, 11) is 0. The Bertz CT molecular complexity index is 128. The molecule has 0 aliphatic carbocycles. The number of hydrogen-bond acceptors (Lipinski definition) is 2. The van der Waals surface area contributed by atoms with Crippen LogP contribution in [0.25, 0.3) is 0 Å². The van der Waals surface area contributed by atoms with Gasteiger partial charge in [-0.3, -0.25) is 5.41 Å². The van der Waals surface area contributed by atoms with E-state index in [0.717, 1.165) is 13.1 Å². The second kappa shape index (κ2) is 4.18. The lowest BCUT2D eigenvalue weighted by Gasteiger charge is -2.22. The van der Waals surface area contributed by atoms with Crippen molar-refractivity contribution in [3.63, 3.8) is 0 Å². The molecule has 1 unspecified atom stereocenters. The fraction of sp³-hybridized carbons (Fsp3) is 0.714. The molecule has 1 fully saturated rings. The average molecular weight is 155 g/mol. The van der Waals surface area contributed by atoms with Gasteiger partial charge in [0.15, 0.2) is 5.96 Å². The molecular formula is C7H15N4. The van der Waals surface area contributed by atoms with E-state index in [0.29, 0.717) is 5.92 Å². The highest BCUT2D eigenvalue weighted by Crippen LogP contribution is 2.10. The van der Waals surface area contributed by atoms with Gasteiger partial charge in [0.05, 0.1) is 6.54 Å². The number of guanidine groups is 1. The Morgan fingerprint density at radius 1 is 1.73 bits per heavy atom. The second-order valence-electron chi connectivity index (χ2n) is 2.83. The Hall–Kier alpha value is -0.770. The molecule has 1 aliphatic rings. The van der Waals surface area contributed by atoms with Crippen molar-refractivity contribution in [1.82, 2.24) is 10.6 Å². The predicted molar refractivity (Wildman–Crippen MR) is 44.9 cm³/mol. The largest absolute Gasteiger partial charge is 0.370 e. The molecule has 4 heteroatoms. The number of rotatable bonds is 2. The molecule has 1 saturated heterocycles. The fourth-order valence-electron chi connectivity index (χ4n) is 1.23. The molecule has 1 aliphatic heterocycles. The summed E-state index contributed by atoms with van der Waals surface area (Å²) < 4.78 is 0. The van der Waals surface area contributed by atoms with Gasteiger partial charge in [0.25, 0.3) is 0 Å². The molecule has 0 saturated carbocycles. The number of piperidine rings is 1. The third-order valence-electron chi connectivity index (χ3n) is 1.81. The van der Waals surface area contributed by atoms with Gasteiger partial charge < -0.3 is 16.4 Å². The molecule has 0 bridgehead atoms. The van der Waals surface area contributed by atoms with Gasteiger partial charge in [0.2, 0.25) is 0 Å². The first-order valence-electron chi connectivity index (χ1n) is 3.93. The summed E-state index contributed by atoms with van der Waals surface area (Å²) in [5.41, 5.74) is 5.13. The smallest absolute Gasteiger partial charge is 0.186 e. The highest BCUT2D eigenvalue weighted by atomic mass is 15.0. The minimum atomic E-state index is 0.0237. The Morgan fingerprint density at radius 2 is 2.55 bits per heavy atom. The van der Waals surface area contributed by atoms with Crippen molar-refractivity contribution < 1.29 is 0 Å².